The summed E-state index contributed by atoms with van der Waals surface area (Å²) in [7, 11) is 1.84. The van der Waals surface area contributed by atoms with Crippen molar-refractivity contribution in [1.29, 1.82) is 0 Å². The first-order chi connectivity index (χ1) is 9.16. The van der Waals surface area contributed by atoms with Crippen LogP contribution in [0.25, 0.3) is 11.1 Å². The number of aryl methyl sites for hydroxylation is 1. The number of halogens is 1. The number of hydrogen-bond acceptors (Lipinski definition) is 5. The Morgan fingerprint density at radius 1 is 1.21 bits per heavy atom. The molecule has 0 amide bonds. The zero-order valence-corrected chi connectivity index (χ0v) is 10.5. The molecule has 0 bridgehead atoms. The predicted molar refractivity (Wildman–Crippen MR) is 68.8 cm³/mol. The van der Waals surface area contributed by atoms with Gasteiger partial charge in [-0.25, -0.2) is 15.0 Å². The van der Waals surface area contributed by atoms with E-state index in [1.807, 2.05) is 18.9 Å². The quantitative estimate of drug-likeness (QED) is 0.661. The third kappa shape index (κ3) is 1.91. The molecule has 0 fully saturated rings. The Kier molecular flexibility index (Phi) is 2.63. The van der Waals surface area contributed by atoms with E-state index < -0.39 is 5.95 Å². The molecule has 0 aliphatic rings. The first-order valence-corrected chi connectivity index (χ1v) is 5.71. The first kappa shape index (κ1) is 11.6. The molecule has 0 atom stereocenters. The molecule has 0 aromatic carbocycles. The Hall–Kier alpha value is -2.50. The van der Waals surface area contributed by atoms with E-state index in [1.54, 1.807) is 12.3 Å². The second kappa shape index (κ2) is 4.31. The van der Waals surface area contributed by atoms with Crippen LogP contribution in [0.3, 0.4) is 0 Å². The highest BCUT2D eigenvalue weighted by Crippen LogP contribution is 2.30. The fourth-order valence-electron chi connectivity index (χ4n) is 1.94. The molecular formula is C13H11FN4O. The lowest BCUT2D eigenvalue weighted by atomic mass is 10.2. The van der Waals surface area contributed by atoms with Gasteiger partial charge in [-0.05, 0) is 19.1 Å². The van der Waals surface area contributed by atoms with Gasteiger partial charge in [-0.15, -0.1) is 0 Å². The van der Waals surface area contributed by atoms with Gasteiger partial charge >= 0.3 is 0 Å². The van der Waals surface area contributed by atoms with Gasteiger partial charge in [0.15, 0.2) is 0 Å². The maximum atomic E-state index is 12.8. The molecule has 0 aliphatic carbocycles. The molecular weight excluding hydrogens is 246 g/mol. The Morgan fingerprint density at radius 3 is 2.79 bits per heavy atom. The highest BCUT2D eigenvalue weighted by molar-refractivity contribution is 5.90. The number of hydrogen-bond donors (Lipinski definition) is 0. The number of pyridine rings is 1. The number of fused-ring (bicyclic) bond motifs is 1. The van der Waals surface area contributed by atoms with Crippen LogP contribution in [-0.2, 0) is 0 Å². The van der Waals surface area contributed by atoms with Crippen molar-refractivity contribution < 1.29 is 8.81 Å². The van der Waals surface area contributed by atoms with Crippen molar-refractivity contribution in [3.63, 3.8) is 0 Å². The monoisotopic (exact) mass is 257 g/mol. The van der Waals surface area contributed by atoms with Gasteiger partial charge in [0.05, 0.1) is 23.5 Å². The number of anilines is 2. The minimum absolute atomic E-state index is 0.510. The minimum Gasteiger partial charge on any atom is -0.446 e. The molecule has 0 saturated heterocycles. The van der Waals surface area contributed by atoms with E-state index in [0.717, 1.165) is 16.6 Å². The molecule has 0 N–H and O–H groups in total. The van der Waals surface area contributed by atoms with Crippen LogP contribution in [0.1, 0.15) is 5.56 Å². The lowest BCUT2D eigenvalue weighted by Gasteiger charge is -2.18. The van der Waals surface area contributed by atoms with Crippen LogP contribution in [0.15, 0.2) is 35.3 Å². The smallest absolute Gasteiger partial charge is 0.231 e. The van der Waals surface area contributed by atoms with Crippen molar-refractivity contribution in [1.82, 2.24) is 15.0 Å². The Balaban J connectivity index is 2.13. The molecule has 19 heavy (non-hydrogen) atoms. The van der Waals surface area contributed by atoms with Gasteiger partial charge in [-0.3, -0.25) is 0 Å². The fraction of sp³-hybridized carbons (Fsp3) is 0.154. The summed E-state index contributed by atoms with van der Waals surface area (Å²) in [6, 6.07) is 2.96. The van der Waals surface area contributed by atoms with Crippen molar-refractivity contribution >= 4 is 22.6 Å². The van der Waals surface area contributed by atoms with E-state index in [9.17, 15) is 4.39 Å². The van der Waals surface area contributed by atoms with E-state index >= 15 is 0 Å². The largest absolute Gasteiger partial charge is 0.446 e. The summed E-state index contributed by atoms with van der Waals surface area (Å²) >= 11 is 0. The summed E-state index contributed by atoms with van der Waals surface area (Å²) in [5, 5.41) is 0.842. The zero-order valence-electron chi connectivity index (χ0n) is 10.5. The van der Waals surface area contributed by atoms with Crippen LogP contribution in [-0.4, -0.2) is 22.0 Å². The standard InChI is InChI=1S/C13H11FN4O/c1-8-6-19-13-11(8)12(16-7-17-13)18(2)9-3-4-10(14)15-5-9/h3-7H,1-2H3/i14-1. The van der Waals surface area contributed by atoms with E-state index in [0.29, 0.717) is 11.5 Å². The lowest BCUT2D eigenvalue weighted by molar-refractivity contribution is 0.584. The van der Waals surface area contributed by atoms with Gasteiger partial charge in [0.2, 0.25) is 11.7 Å². The molecule has 3 heterocycles. The highest BCUT2D eigenvalue weighted by Gasteiger charge is 2.15. The van der Waals surface area contributed by atoms with Gasteiger partial charge in [0.1, 0.15) is 12.1 Å². The lowest BCUT2D eigenvalue weighted by Crippen LogP contribution is -2.12. The molecule has 0 saturated carbocycles. The van der Waals surface area contributed by atoms with Crippen LogP contribution in [0.5, 0.6) is 0 Å². The average molecular weight is 257 g/mol. The molecule has 0 unspecified atom stereocenters. The molecule has 0 aliphatic heterocycles. The highest BCUT2D eigenvalue weighted by atomic mass is 18.2. The van der Waals surface area contributed by atoms with E-state index in [-0.39, 0.29) is 0 Å². The molecule has 3 aromatic rings. The molecule has 96 valence electrons. The SMILES string of the molecule is Cc1coc2ncnc(N(C)c3ccc([18F])nc3)c12. The Bertz CT molecular complexity index is 723. The summed E-state index contributed by atoms with van der Waals surface area (Å²) < 4.78 is 18.2. The molecule has 0 radical (unpaired) electrons. The van der Waals surface area contributed by atoms with Crippen molar-refractivity contribution in [2.75, 3.05) is 11.9 Å². The summed E-state index contributed by atoms with van der Waals surface area (Å²) in [5.41, 5.74) is 2.22. The maximum absolute atomic E-state index is 12.8. The summed E-state index contributed by atoms with van der Waals surface area (Å²) in [6.45, 7) is 1.93. The summed E-state index contributed by atoms with van der Waals surface area (Å²) in [4.78, 5) is 13.8. The maximum Gasteiger partial charge on any atom is 0.231 e. The molecule has 5 nitrogen and oxygen atoms in total. The van der Waals surface area contributed by atoms with Crippen molar-refractivity contribution in [3.8, 4) is 0 Å². The summed E-state index contributed by atoms with van der Waals surface area (Å²) in [5.74, 6) is 0.189. The van der Waals surface area contributed by atoms with Gasteiger partial charge in [-0.1, -0.05) is 0 Å². The molecule has 3 rings (SSSR count). The van der Waals surface area contributed by atoms with E-state index in [4.69, 9.17) is 4.42 Å². The second-order valence-electron chi connectivity index (χ2n) is 4.19. The molecule has 3 aromatic heterocycles. The van der Waals surface area contributed by atoms with Crippen molar-refractivity contribution in [3.05, 3.63) is 42.4 Å². The third-order valence-corrected chi connectivity index (χ3v) is 2.95. The van der Waals surface area contributed by atoms with E-state index in [2.05, 4.69) is 15.0 Å². The van der Waals surface area contributed by atoms with Gasteiger partial charge < -0.3 is 9.32 Å². The topological polar surface area (TPSA) is 55.1 Å². The minimum atomic E-state index is -0.510. The molecule has 0 spiro atoms. The van der Waals surface area contributed by atoms with Crippen LogP contribution in [0.2, 0.25) is 0 Å². The zero-order chi connectivity index (χ0) is 13.4. The predicted octanol–water partition coefficient (Wildman–Crippen LogP) is 2.83. The van der Waals surface area contributed by atoms with E-state index in [1.165, 1.54) is 18.6 Å². The molecule has 6 heteroatoms. The van der Waals surface area contributed by atoms with Crippen LogP contribution in [0.4, 0.5) is 15.9 Å². The second-order valence-corrected chi connectivity index (χ2v) is 4.19. The van der Waals surface area contributed by atoms with Crippen LogP contribution >= 0.6 is 0 Å². The van der Waals surface area contributed by atoms with Crippen molar-refractivity contribution in [2.24, 2.45) is 0 Å². The third-order valence-electron chi connectivity index (χ3n) is 2.95. The van der Waals surface area contributed by atoms with Crippen LogP contribution < -0.4 is 4.90 Å². The van der Waals surface area contributed by atoms with Gasteiger partial charge in [-0.2, -0.15) is 4.39 Å². The fourth-order valence-corrected chi connectivity index (χ4v) is 1.94. The van der Waals surface area contributed by atoms with Crippen molar-refractivity contribution in [2.45, 2.75) is 6.92 Å². The Labute approximate surface area is 108 Å². The number of rotatable bonds is 2. The average Bonchev–Trinajstić information content (AvgIpc) is 2.81. The summed E-state index contributed by atoms with van der Waals surface area (Å²) in [6.07, 6.45) is 4.53. The van der Waals surface area contributed by atoms with Gasteiger partial charge in [0.25, 0.3) is 0 Å². The number of furan rings is 1. The van der Waals surface area contributed by atoms with Crippen LogP contribution in [0, 0.1) is 12.9 Å². The Morgan fingerprint density at radius 2 is 2.05 bits per heavy atom. The number of aromatic nitrogens is 3. The van der Waals surface area contributed by atoms with Gasteiger partial charge in [0, 0.05) is 12.6 Å². The first-order valence-electron chi connectivity index (χ1n) is 5.71. The number of nitrogens with zero attached hydrogens (tertiary/aromatic N) is 4. The normalized spacial score (nSPS) is 10.9.